The maximum Gasteiger partial charge on any atom is 0.387 e. The maximum atomic E-state index is 12.5. The van der Waals surface area contributed by atoms with Crippen LogP contribution >= 0.6 is 0 Å². The summed E-state index contributed by atoms with van der Waals surface area (Å²) in [6.45, 7) is -0.644. The maximum absolute atomic E-state index is 12.5. The van der Waals surface area contributed by atoms with Gasteiger partial charge in [0.2, 0.25) is 5.89 Å². The van der Waals surface area contributed by atoms with Gasteiger partial charge >= 0.3 is 6.61 Å². The number of aryl methyl sites for hydroxylation is 1. The SMILES string of the molecule is CCOc1cc(-c2nc(CCC(=O)c3ccccc3OC(F)F)co2)ccc1OC. The van der Waals surface area contributed by atoms with Crippen molar-refractivity contribution in [1.29, 1.82) is 0 Å². The number of methoxy groups -OCH3 is 1. The Balaban J connectivity index is 1.70. The van der Waals surface area contributed by atoms with E-state index in [-0.39, 0.29) is 23.5 Å². The van der Waals surface area contributed by atoms with Crippen molar-refractivity contribution in [3.8, 4) is 28.7 Å². The van der Waals surface area contributed by atoms with Gasteiger partial charge in [-0.3, -0.25) is 4.79 Å². The van der Waals surface area contributed by atoms with Gasteiger partial charge in [-0.05, 0) is 37.3 Å². The van der Waals surface area contributed by atoms with Crippen LogP contribution in [0.5, 0.6) is 17.2 Å². The Hall–Kier alpha value is -3.42. The molecule has 0 spiro atoms. The zero-order valence-corrected chi connectivity index (χ0v) is 16.6. The van der Waals surface area contributed by atoms with Crippen molar-refractivity contribution in [3.05, 3.63) is 60.0 Å². The van der Waals surface area contributed by atoms with E-state index in [1.54, 1.807) is 31.4 Å². The summed E-state index contributed by atoms with van der Waals surface area (Å²) in [5.41, 5.74) is 1.38. The van der Waals surface area contributed by atoms with E-state index >= 15 is 0 Å². The third kappa shape index (κ3) is 5.14. The molecule has 0 fully saturated rings. The average Bonchev–Trinajstić information content (AvgIpc) is 3.21. The summed E-state index contributed by atoms with van der Waals surface area (Å²) in [4.78, 5) is 16.9. The number of halogens is 2. The van der Waals surface area contributed by atoms with Crippen LogP contribution in [0.1, 0.15) is 29.4 Å². The van der Waals surface area contributed by atoms with E-state index in [2.05, 4.69) is 9.72 Å². The smallest absolute Gasteiger partial charge is 0.387 e. The highest BCUT2D eigenvalue weighted by Crippen LogP contribution is 2.32. The van der Waals surface area contributed by atoms with Crippen molar-refractivity contribution in [2.24, 2.45) is 0 Å². The molecule has 0 radical (unpaired) electrons. The molecule has 1 heterocycles. The highest BCUT2D eigenvalue weighted by atomic mass is 19.3. The van der Waals surface area contributed by atoms with E-state index in [1.807, 2.05) is 6.92 Å². The lowest BCUT2D eigenvalue weighted by Crippen LogP contribution is -2.08. The number of Topliss-reactive ketones (excluding diaryl/α,β-unsaturated/α-hetero) is 1. The Bertz CT molecular complexity index is 1000. The van der Waals surface area contributed by atoms with Gasteiger partial charge in [0.1, 0.15) is 12.0 Å². The summed E-state index contributed by atoms with van der Waals surface area (Å²) in [5.74, 6) is 1.09. The molecule has 0 saturated carbocycles. The summed E-state index contributed by atoms with van der Waals surface area (Å²) in [6.07, 6.45) is 1.83. The van der Waals surface area contributed by atoms with Gasteiger partial charge in [-0.25, -0.2) is 4.98 Å². The average molecular weight is 417 g/mol. The summed E-state index contributed by atoms with van der Waals surface area (Å²) in [6, 6.07) is 11.2. The first-order chi connectivity index (χ1) is 14.5. The topological polar surface area (TPSA) is 70.8 Å². The third-order valence-electron chi connectivity index (χ3n) is 4.27. The van der Waals surface area contributed by atoms with Gasteiger partial charge in [0, 0.05) is 18.4 Å². The Morgan fingerprint density at radius 1 is 1.13 bits per heavy atom. The molecule has 158 valence electrons. The van der Waals surface area contributed by atoms with Crippen LogP contribution in [0.15, 0.2) is 53.1 Å². The van der Waals surface area contributed by atoms with E-state index in [9.17, 15) is 13.6 Å². The van der Waals surface area contributed by atoms with E-state index in [0.717, 1.165) is 0 Å². The molecule has 8 heteroatoms. The number of carbonyl (C=O) groups is 1. The Morgan fingerprint density at radius 2 is 1.93 bits per heavy atom. The van der Waals surface area contributed by atoms with Crippen molar-refractivity contribution >= 4 is 5.78 Å². The predicted octanol–water partition coefficient (Wildman–Crippen LogP) is 5.17. The number of alkyl halides is 2. The highest BCUT2D eigenvalue weighted by molar-refractivity contribution is 5.98. The van der Waals surface area contributed by atoms with Crippen LogP contribution in [0.3, 0.4) is 0 Å². The molecule has 0 atom stereocenters. The predicted molar refractivity (Wildman–Crippen MR) is 105 cm³/mol. The van der Waals surface area contributed by atoms with Crippen LogP contribution in [0.4, 0.5) is 8.78 Å². The number of benzene rings is 2. The number of ether oxygens (including phenoxy) is 3. The fourth-order valence-corrected chi connectivity index (χ4v) is 2.90. The van der Waals surface area contributed by atoms with Crippen molar-refractivity contribution in [1.82, 2.24) is 4.98 Å². The first-order valence-electron chi connectivity index (χ1n) is 9.34. The third-order valence-corrected chi connectivity index (χ3v) is 4.27. The standard InChI is InChI=1S/C22H21F2NO5/c1-3-28-20-12-14(8-11-19(20)27-2)21-25-15(13-29-21)9-10-17(26)16-6-4-5-7-18(16)30-22(23)24/h4-8,11-13,22H,3,9-10H2,1-2H3. The summed E-state index contributed by atoms with van der Waals surface area (Å²) in [7, 11) is 1.56. The quantitative estimate of drug-likeness (QED) is 0.424. The number of oxazole rings is 1. The van der Waals surface area contributed by atoms with Crippen LogP contribution in [0.25, 0.3) is 11.5 Å². The van der Waals surface area contributed by atoms with Crippen LogP contribution in [-0.2, 0) is 6.42 Å². The molecule has 0 aliphatic rings. The van der Waals surface area contributed by atoms with Gasteiger partial charge in [-0.15, -0.1) is 0 Å². The first kappa shape index (κ1) is 21.3. The number of rotatable bonds is 10. The molecule has 0 aliphatic heterocycles. The number of aromatic nitrogens is 1. The summed E-state index contributed by atoms with van der Waals surface area (Å²) in [5, 5.41) is 0. The molecular formula is C22H21F2NO5. The van der Waals surface area contributed by atoms with E-state index < -0.39 is 6.61 Å². The Morgan fingerprint density at radius 3 is 2.67 bits per heavy atom. The van der Waals surface area contributed by atoms with Gasteiger partial charge in [-0.2, -0.15) is 8.78 Å². The highest BCUT2D eigenvalue weighted by Gasteiger charge is 2.17. The van der Waals surface area contributed by atoms with Crippen LogP contribution in [0.2, 0.25) is 0 Å². The molecule has 30 heavy (non-hydrogen) atoms. The molecule has 0 unspecified atom stereocenters. The van der Waals surface area contributed by atoms with Crippen molar-refractivity contribution in [3.63, 3.8) is 0 Å². The molecule has 1 aromatic heterocycles. The zero-order chi connectivity index (χ0) is 21.5. The fraction of sp³-hybridized carbons (Fsp3) is 0.273. The Labute approximate surface area is 172 Å². The number of carbonyl (C=O) groups excluding carboxylic acids is 1. The van der Waals surface area contributed by atoms with E-state index in [0.29, 0.717) is 41.7 Å². The minimum Gasteiger partial charge on any atom is -0.493 e. The lowest BCUT2D eigenvalue weighted by atomic mass is 10.0. The number of nitrogens with zero attached hydrogens (tertiary/aromatic N) is 1. The lowest BCUT2D eigenvalue weighted by Gasteiger charge is -2.09. The molecule has 0 aliphatic carbocycles. The minimum atomic E-state index is -3.00. The van der Waals surface area contributed by atoms with Crippen LogP contribution < -0.4 is 14.2 Å². The molecule has 3 rings (SSSR count). The lowest BCUT2D eigenvalue weighted by molar-refractivity contribution is -0.0501. The van der Waals surface area contributed by atoms with Crippen molar-refractivity contribution < 1.29 is 32.2 Å². The molecule has 6 nitrogen and oxygen atoms in total. The molecule has 2 aromatic carbocycles. The normalized spacial score (nSPS) is 10.8. The van der Waals surface area contributed by atoms with Gasteiger partial charge in [0.25, 0.3) is 0 Å². The largest absolute Gasteiger partial charge is 0.493 e. The zero-order valence-electron chi connectivity index (χ0n) is 16.6. The van der Waals surface area contributed by atoms with Gasteiger partial charge in [-0.1, -0.05) is 12.1 Å². The second kappa shape index (κ2) is 9.87. The molecule has 0 bridgehead atoms. The molecule has 0 amide bonds. The van der Waals surface area contributed by atoms with E-state index in [4.69, 9.17) is 13.9 Å². The van der Waals surface area contributed by atoms with Gasteiger partial charge in [0.05, 0.1) is 25.0 Å². The first-order valence-corrected chi connectivity index (χ1v) is 9.34. The Kier molecular flexibility index (Phi) is 7.00. The second-order valence-corrected chi connectivity index (χ2v) is 6.24. The molecular weight excluding hydrogens is 396 g/mol. The van der Waals surface area contributed by atoms with Crippen LogP contribution in [0, 0.1) is 0 Å². The van der Waals surface area contributed by atoms with Gasteiger partial charge in [0.15, 0.2) is 17.3 Å². The van der Waals surface area contributed by atoms with Crippen molar-refractivity contribution in [2.75, 3.05) is 13.7 Å². The molecule has 0 saturated heterocycles. The van der Waals surface area contributed by atoms with Gasteiger partial charge < -0.3 is 18.6 Å². The number of hydrogen-bond donors (Lipinski definition) is 0. The minimum absolute atomic E-state index is 0.0718. The molecule has 3 aromatic rings. The summed E-state index contributed by atoms with van der Waals surface area (Å²) >= 11 is 0. The number of hydrogen-bond acceptors (Lipinski definition) is 6. The van der Waals surface area contributed by atoms with Crippen molar-refractivity contribution in [2.45, 2.75) is 26.4 Å². The van der Waals surface area contributed by atoms with E-state index in [1.165, 1.54) is 24.5 Å². The number of ketones is 1. The molecule has 0 N–H and O–H groups in total. The second-order valence-electron chi connectivity index (χ2n) is 6.24. The summed E-state index contributed by atoms with van der Waals surface area (Å²) < 4.78 is 45.8. The fourth-order valence-electron chi connectivity index (χ4n) is 2.90. The number of para-hydroxylation sites is 1. The monoisotopic (exact) mass is 417 g/mol. The van der Waals surface area contributed by atoms with Crippen LogP contribution in [-0.4, -0.2) is 31.1 Å².